The lowest BCUT2D eigenvalue weighted by atomic mass is 10.0. The summed E-state index contributed by atoms with van der Waals surface area (Å²) in [4.78, 5) is 29.8. The zero-order valence-electron chi connectivity index (χ0n) is 25.2. The van der Waals surface area contributed by atoms with Gasteiger partial charge in [-0.1, -0.05) is 96.9 Å². The maximum atomic E-state index is 14.5. The summed E-state index contributed by atoms with van der Waals surface area (Å²) in [5.41, 5.74) is 3.05. The maximum Gasteiger partial charge on any atom is 0.264 e. The van der Waals surface area contributed by atoms with Crippen molar-refractivity contribution < 1.29 is 18.0 Å². The Kier molecular flexibility index (Phi) is 11.2. The third-order valence-electron chi connectivity index (χ3n) is 7.43. The molecule has 2 amide bonds. The molecule has 4 aromatic carbocycles. The first kappa shape index (κ1) is 32.8. The van der Waals surface area contributed by atoms with Crippen LogP contribution in [0.1, 0.15) is 37.0 Å². The van der Waals surface area contributed by atoms with Crippen molar-refractivity contribution >= 4 is 39.1 Å². The van der Waals surface area contributed by atoms with E-state index in [2.05, 4.69) is 5.32 Å². The van der Waals surface area contributed by atoms with E-state index in [1.807, 2.05) is 75.4 Å². The van der Waals surface area contributed by atoms with Gasteiger partial charge in [0, 0.05) is 24.0 Å². The van der Waals surface area contributed by atoms with Gasteiger partial charge in [0.2, 0.25) is 11.8 Å². The third kappa shape index (κ3) is 8.49. The van der Waals surface area contributed by atoms with Crippen LogP contribution in [-0.4, -0.2) is 43.8 Å². The number of nitrogens with one attached hydrogen (secondary N) is 1. The molecule has 7 nitrogen and oxygen atoms in total. The Morgan fingerprint density at radius 3 is 2.07 bits per heavy atom. The van der Waals surface area contributed by atoms with Crippen LogP contribution in [0.4, 0.5) is 5.69 Å². The number of para-hydroxylation sites is 1. The minimum absolute atomic E-state index is 0.000800. The Morgan fingerprint density at radius 1 is 0.841 bits per heavy atom. The van der Waals surface area contributed by atoms with E-state index >= 15 is 0 Å². The average molecular weight is 632 g/mol. The van der Waals surface area contributed by atoms with Gasteiger partial charge in [0.05, 0.1) is 10.6 Å². The Hall–Kier alpha value is -4.14. The molecule has 0 spiro atoms. The first-order valence-electron chi connectivity index (χ1n) is 14.6. The van der Waals surface area contributed by atoms with Crippen LogP contribution < -0.4 is 9.62 Å². The summed E-state index contributed by atoms with van der Waals surface area (Å²) < 4.78 is 29.1. The molecule has 0 aliphatic rings. The number of rotatable bonds is 13. The zero-order chi connectivity index (χ0) is 31.7. The standard InChI is InChI=1S/C35H38ClN3O4S/c1-4-27(3)37-35(41)33(23-28-13-7-5-8-14-28)38(24-29-15-11-12-26(2)22-29)34(40)25-39(31-16-9-6-10-17-31)44(42,43)32-20-18-30(36)19-21-32/h5-22,27,33H,4,23-25H2,1-3H3,(H,37,41)/t27-,33-/m0/s1. The fourth-order valence-electron chi connectivity index (χ4n) is 4.86. The quantitative estimate of drug-likeness (QED) is 0.185. The molecule has 4 rings (SSSR count). The minimum Gasteiger partial charge on any atom is -0.352 e. The van der Waals surface area contributed by atoms with Crippen LogP contribution in [0.5, 0.6) is 0 Å². The van der Waals surface area contributed by atoms with Gasteiger partial charge < -0.3 is 10.2 Å². The second kappa shape index (κ2) is 15.0. The highest BCUT2D eigenvalue weighted by molar-refractivity contribution is 7.92. The normalized spacial score (nSPS) is 12.6. The zero-order valence-corrected chi connectivity index (χ0v) is 26.8. The summed E-state index contributed by atoms with van der Waals surface area (Å²) in [6.07, 6.45) is 0.979. The highest BCUT2D eigenvalue weighted by atomic mass is 35.5. The largest absolute Gasteiger partial charge is 0.352 e. The van der Waals surface area contributed by atoms with Crippen molar-refractivity contribution in [2.24, 2.45) is 0 Å². The van der Waals surface area contributed by atoms with Crippen molar-refractivity contribution in [3.05, 3.63) is 131 Å². The number of nitrogens with zero attached hydrogens (tertiary/aromatic N) is 2. The molecule has 2 atom stereocenters. The maximum absolute atomic E-state index is 14.5. The van der Waals surface area contributed by atoms with Gasteiger partial charge in [-0.3, -0.25) is 13.9 Å². The highest BCUT2D eigenvalue weighted by Crippen LogP contribution is 2.26. The molecule has 4 aromatic rings. The van der Waals surface area contributed by atoms with Gasteiger partial charge in [0.15, 0.2) is 0 Å². The summed E-state index contributed by atoms with van der Waals surface area (Å²) in [7, 11) is -4.18. The summed E-state index contributed by atoms with van der Waals surface area (Å²) >= 11 is 6.04. The number of amides is 2. The van der Waals surface area contributed by atoms with Gasteiger partial charge >= 0.3 is 0 Å². The van der Waals surface area contributed by atoms with E-state index in [1.54, 1.807) is 30.3 Å². The monoisotopic (exact) mass is 631 g/mol. The molecule has 0 saturated heterocycles. The molecule has 230 valence electrons. The van der Waals surface area contributed by atoms with E-state index in [0.29, 0.717) is 10.7 Å². The number of hydrogen-bond acceptors (Lipinski definition) is 4. The van der Waals surface area contributed by atoms with E-state index in [0.717, 1.165) is 27.4 Å². The number of sulfonamides is 1. The third-order valence-corrected chi connectivity index (χ3v) is 9.47. The van der Waals surface area contributed by atoms with Gasteiger partial charge in [-0.25, -0.2) is 8.42 Å². The minimum atomic E-state index is -4.18. The molecule has 0 aliphatic carbocycles. The molecule has 0 saturated carbocycles. The van der Waals surface area contributed by atoms with Crippen molar-refractivity contribution in [3.63, 3.8) is 0 Å². The second-order valence-electron chi connectivity index (χ2n) is 10.8. The lowest BCUT2D eigenvalue weighted by molar-refractivity contribution is -0.140. The molecular weight excluding hydrogens is 594 g/mol. The van der Waals surface area contributed by atoms with Crippen molar-refractivity contribution in [3.8, 4) is 0 Å². The Balaban J connectivity index is 1.79. The molecule has 1 N–H and O–H groups in total. The fourth-order valence-corrected chi connectivity index (χ4v) is 6.40. The summed E-state index contributed by atoms with van der Waals surface area (Å²) in [6, 6.07) is 30.6. The van der Waals surface area contributed by atoms with E-state index in [4.69, 9.17) is 11.6 Å². The summed E-state index contributed by atoms with van der Waals surface area (Å²) in [6.45, 7) is 5.47. The smallest absolute Gasteiger partial charge is 0.264 e. The molecule has 0 fully saturated rings. The topological polar surface area (TPSA) is 86.8 Å². The lowest BCUT2D eigenvalue weighted by Gasteiger charge is -2.34. The molecule has 44 heavy (non-hydrogen) atoms. The van der Waals surface area contributed by atoms with E-state index in [-0.39, 0.29) is 29.8 Å². The van der Waals surface area contributed by atoms with Crippen LogP contribution in [0.15, 0.2) is 114 Å². The fraction of sp³-hybridized carbons (Fsp3) is 0.257. The molecule has 0 aromatic heterocycles. The van der Waals surface area contributed by atoms with Crippen LogP contribution in [0.2, 0.25) is 5.02 Å². The van der Waals surface area contributed by atoms with E-state index in [9.17, 15) is 18.0 Å². The van der Waals surface area contributed by atoms with Gasteiger partial charge in [-0.2, -0.15) is 0 Å². The molecule has 9 heteroatoms. The molecule has 0 unspecified atom stereocenters. The van der Waals surface area contributed by atoms with Crippen molar-refractivity contribution in [2.75, 3.05) is 10.8 Å². The van der Waals surface area contributed by atoms with Gasteiger partial charge in [0.1, 0.15) is 12.6 Å². The van der Waals surface area contributed by atoms with Crippen molar-refractivity contribution in [1.29, 1.82) is 0 Å². The molecular formula is C35H38ClN3O4S. The Bertz CT molecular complexity index is 1650. The second-order valence-corrected chi connectivity index (χ2v) is 13.1. The number of carbonyl (C=O) groups excluding carboxylic acids is 2. The predicted molar refractivity (Wildman–Crippen MR) is 176 cm³/mol. The average Bonchev–Trinajstić information content (AvgIpc) is 3.02. The van der Waals surface area contributed by atoms with E-state index in [1.165, 1.54) is 29.2 Å². The first-order valence-corrected chi connectivity index (χ1v) is 16.4. The molecule has 0 aliphatic heterocycles. The summed E-state index contributed by atoms with van der Waals surface area (Å²) in [5.74, 6) is -0.802. The van der Waals surface area contributed by atoms with Crippen LogP contribution in [0.3, 0.4) is 0 Å². The Labute approximate surface area is 265 Å². The highest BCUT2D eigenvalue weighted by Gasteiger charge is 2.35. The van der Waals surface area contributed by atoms with Gasteiger partial charge in [0.25, 0.3) is 10.0 Å². The first-order chi connectivity index (χ1) is 21.1. The SMILES string of the molecule is CC[C@H](C)NC(=O)[C@H](Cc1ccccc1)N(Cc1cccc(C)c1)C(=O)CN(c1ccccc1)S(=O)(=O)c1ccc(Cl)cc1. The number of aryl methyl sites for hydroxylation is 1. The number of benzene rings is 4. The van der Waals surface area contributed by atoms with Crippen molar-refractivity contribution in [1.82, 2.24) is 10.2 Å². The molecule has 0 bridgehead atoms. The lowest BCUT2D eigenvalue weighted by Crippen LogP contribution is -2.54. The summed E-state index contributed by atoms with van der Waals surface area (Å²) in [5, 5.41) is 3.45. The van der Waals surface area contributed by atoms with Gasteiger partial charge in [-0.05, 0) is 67.8 Å². The van der Waals surface area contributed by atoms with Crippen LogP contribution in [0.25, 0.3) is 0 Å². The van der Waals surface area contributed by atoms with Crippen LogP contribution >= 0.6 is 11.6 Å². The van der Waals surface area contributed by atoms with Crippen LogP contribution in [-0.2, 0) is 32.6 Å². The molecule has 0 heterocycles. The van der Waals surface area contributed by atoms with Crippen molar-refractivity contribution in [2.45, 2.75) is 57.1 Å². The molecule has 0 radical (unpaired) electrons. The van der Waals surface area contributed by atoms with Gasteiger partial charge in [-0.15, -0.1) is 0 Å². The number of halogens is 1. The number of anilines is 1. The number of carbonyl (C=O) groups is 2. The predicted octanol–water partition coefficient (Wildman–Crippen LogP) is 6.40. The van der Waals surface area contributed by atoms with E-state index < -0.39 is 28.5 Å². The Morgan fingerprint density at radius 2 is 1.45 bits per heavy atom. The van der Waals surface area contributed by atoms with Crippen LogP contribution in [0, 0.1) is 6.92 Å². The number of hydrogen-bond donors (Lipinski definition) is 1.